The average Bonchev–Trinajstić information content (AvgIpc) is 3.38. The molecule has 11 nitrogen and oxygen atoms in total. The van der Waals surface area contributed by atoms with Crippen LogP contribution in [0.4, 0.5) is 0 Å². The molecule has 0 aromatic carbocycles. The first kappa shape index (κ1) is 34.5. The molecule has 13 heteroatoms. The largest absolute Gasteiger partial charge is 0.599 e. The lowest BCUT2D eigenvalue weighted by Gasteiger charge is -2.37. The number of nitrogens with one attached hydrogen (secondary N) is 1. The van der Waals surface area contributed by atoms with Crippen LogP contribution in [0, 0.1) is 0 Å². The average molecular weight is 540 g/mol. The number of hydrogen-bond acceptors (Lipinski definition) is 11. The van der Waals surface area contributed by atoms with Crippen molar-refractivity contribution in [3.63, 3.8) is 0 Å². The SMILES string of the molecule is CCCN(CCNCCN)[Si](OCC)(OCC)OCC.CO[Si](CCCN1C=NCC1)(OC)OC. The van der Waals surface area contributed by atoms with Crippen LogP contribution in [0.15, 0.2) is 4.99 Å². The van der Waals surface area contributed by atoms with Crippen molar-refractivity contribution >= 4 is 24.1 Å². The number of nitrogens with zero attached hydrogens (tertiary/aromatic N) is 3. The van der Waals surface area contributed by atoms with E-state index in [0.29, 0.717) is 26.4 Å². The predicted octanol–water partition coefficient (Wildman–Crippen LogP) is 1.39. The molecule has 0 unspecified atom stereocenters. The Hall–Kier alpha value is -0.456. The van der Waals surface area contributed by atoms with E-state index in [-0.39, 0.29) is 0 Å². The van der Waals surface area contributed by atoms with Crippen LogP contribution in [0.1, 0.15) is 40.5 Å². The van der Waals surface area contributed by atoms with Gasteiger partial charge in [0, 0.05) is 86.5 Å². The minimum absolute atomic E-state index is 0.600. The molecule has 0 aromatic heterocycles. The third kappa shape index (κ3) is 13.6. The van der Waals surface area contributed by atoms with Crippen LogP contribution in [0.2, 0.25) is 6.04 Å². The van der Waals surface area contributed by atoms with Crippen LogP contribution in [0.5, 0.6) is 0 Å². The van der Waals surface area contributed by atoms with E-state index in [4.69, 9.17) is 32.3 Å². The van der Waals surface area contributed by atoms with Gasteiger partial charge in [-0.15, -0.1) is 0 Å². The second-order valence-electron chi connectivity index (χ2n) is 7.81. The smallest absolute Gasteiger partial charge is 0.377 e. The lowest BCUT2D eigenvalue weighted by atomic mass is 10.4. The molecule has 0 atom stereocenters. The van der Waals surface area contributed by atoms with Crippen molar-refractivity contribution < 1.29 is 26.6 Å². The molecule has 1 heterocycles. The zero-order valence-electron chi connectivity index (χ0n) is 23.3. The van der Waals surface area contributed by atoms with Crippen molar-refractivity contribution in [2.45, 2.75) is 46.6 Å². The Kier molecular flexibility index (Phi) is 21.3. The van der Waals surface area contributed by atoms with Gasteiger partial charge in [0.25, 0.3) is 0 Å². The summed E-state index contributed by atoms with van der Waals surface area (Å²) in [7, 11) is -0.157. The van der Waals surface area contributed by atoms with Crippen LogP contribution in [-0.4, -0.2) is 127 Å². The maximum Gasteiger partial charge on any atom is 0.599 e. The number of rotatable bonds is 21. The van der Waals surface area contributed by atoms with Crippen molar-refractivity contribution in [1.29, 1.82) is 0 Å². The molecular formula is C22H53N5O6Si2. The summed E-state index contributed by atoms with van der Waals surface area (Å²) in [5, 5.41) is 3.31. The molecular weight excluding hydrogens is 486 g/mol. The third-order valence-corrected chi connectivity index (χ3v) is 11.4. The van der Waals surface area contributed by atoms with E-state index in [2.05, 4.69) is 26.7 Å². The van der Waals surface area contributed by atoms with E-state index in [1.54, 1.807) is 21.3 Å². The lowest BCUT2D eigenvalue weighted by Crippen LogP contribution is -2.62. The minimum atomic E-state index is -2.74. The third-order valence-electron chi connectivity index (χ3n) is 5.36. The summed E-state index contributed by atoms with van der Waals surface area (Å²) in [6.45, 7) is 16.9. The molecule has 35 heavy (non-hydrogen) atoms. The van der Waals surface area contributed by atoms with Gasteiger partial charge in [-0.3, -0.25) is 9.56 Å². The van der Waals surface area contributed by atoms with Gasteiger partial charge in [-0.1, -0.05) is 6.92 Å². The summed E-state index contributed by atoms with van der Waals surface area (Å²) < 4.78 is 36.1. The second-order valence-corrected chi connectivity index (χ2v) is 13.4. The van der Waals surface area contributed by atoms with E-state index in [1.807, 2.05) is 27.1 Å². The molecule has 0 fully saturated rings. The highest BCUT2D eigenvalue weighted by molar-refractivity contribution is 6.60. The van der Waals surface area contributed by atoms with Crippen LogP contribution < -0.4 is 11.1 Å². The van der Waals surface area contributed by atoms with Gasteiger partial charge in [-0.25, -0.2) is 0 Å². The monoisotopic (exact) mass is 539 g/mol. The molecule has 1 rings (SSSR count). The maximum atomic E-state index is 5.95. The quantitative estimate of drug-likeness (QED) is 0.164. The van der Waals surface area contributed by atoms with E-state index >= 15 is 0 Å². The standard InChI is InChI=1S/C13H33N3O3Si.C9H20N2O3Si/c1-5-12-16(13-11-15-10-9-14)20(17-6-2,18-7-3)19-8-4;1-12-15(13-2,14-3)8-4-6-11-7-5-10-9-11/h15H,5-14H2,1-4H3;9H,4-8H2,1-3H3. The lowest BCUT2D eigenvalue weighted by molar-refractivity contribution is 0.0169. The Morgan fingerprint density at radius 2 is 1.54 bits per heavy atom. The summed E-state index contributed by atoms with van der Waals surface area (Å²) in [4.78, 5) is 6.37. The fourth-order valence-electron chi connectivity index (χ4n) is 3.68. The topological polar surface area (TPSA) is 112 Å². The molecule has 0 saturated heterocycles. The molecule has 0 aromatic rings. The van der Waals surface area contributed by atoms with Gasteiger partial charge in [0.1, 0.15) is 0 Å². The Labute approximate surface area is 216 Å². The number of hydrogen-bond donors (Lipinski definition) is 2. The summed E-state index contributed by atoms with van der Waals surface area (Å²) in [6, 6.07) is 0.848. The zero-order valence-corrected chi connectivity index (χ0v) is 25.3. The summed E-state index contributed by atoms with van der Waals surface area (Å²) in [6.07, 6.45) is 3.96. The highest BCUT2D eigenvalue weighted by Crippen LogP contribution is 2.17. The van der Waals surface area contributed by atoms with E-state index in [0.717, 1.165) is 64.7 Å². The molecule has 0 saturated carbocycles. The first-order valence-electron chi connectivity index (χ1n) is 12.9. The van der Waals surface area contributed by atoms with Crippen LogP contribution >= 0.6 is 0 Å². The van der Waals surface area contributed by atoms with Gasteiger partial charge in [0.05, 0.1) is 12.9 Å². The summed E-state index contributed by atoms with van der Waals surface area (Å²) in [5.74, 6) is 0. The second kappa shape index (κ2) is 21.6. The van der Waals surface area contributed by atoms with Gasteiger partial charge in [0.2, 0.25) is 0 Å². The molecule has 3 N–H and O–H groups in total. The van der Waals surface area contributed by atoms with E-state index in [1.165, 1.54) is 0 Å². The molecule has 0 spiro atoms. The first-order chi connectivity index (χ1) is 17.0. The maximum absolute atomic E-state index is 5.95. The molecule has 0 radical (unpaired) electrons. The Morgan fingerprint density at radius 1 is 0.943 bits per heavy atom. The first-order valence-corrected chi connectivity index (χ1v) is 16.5. The van der Waals surface area contributed by atoms with Crippen molar-refractivity contribution in [1.82, 2.24) is 14.8 Å². The van der Waals surface area contributed by atoms with Crippen molar-refractivity contribution in [2.24, 2.45) is 10.7 Å². The summed E-state index contributed by atoms with van der Waals surface area (Å²) in [5.41, 5.74) is 5.49. The van der Waals surface area contributed by atoms with E-state index in [9.17, 15) is 0 Å². The molecule has 0 aliphatic carbocycles. The van der Waals surface area contributed by atoms with Gasteiger partial charge in [-0.2, -0.15) is 0 Å². The fourth-order valence-corrected chi connectivity index (χ4v) is 8.16. The van der Waals surface area contributed by atoms with Crippen molar-refractivity contribution in [2.75, 3.05) is 93.5 Å². The Balaban J connectivity index is 0.000000686. The normalized spacial score (nSPS) is 14.0. The fraction of sp³-hybridized carbons (Fsp3) is 0.955. The minimum Gasteiger partial charge on any atom is -0.377 e. The van der Waals surface area contributed by atoms with E-state index < -0.39 is 17.8 Å². The van der Waals surface area contributed by atoms with Crippen LogP contribution in [-0.2, 0) is 26.6 Å². The zero-order chi connectivity index (χ0) is 26.4. The van der Waals surface area contributed by atoms with Crippen LogP contribution in [0.3, 0.4) is 0 Å². The number of nitrogens with two attached hydrogens (primary N) is 1. The molecule has 1 aliphatic rings. The predicted molar refractivity (Wildman–Crippen MR) is 146 cm³/mol. The van der Waals surface area contributed by atoms with Crippen LogP contribution in [0.25, 0.3) is 0 Å². The van der Waals surface area contributed by atoms with Gasteiger partial charge in [0.15, 0.2) is 0 Å². The molecule has 210 valence electrons. The van der Waals surface area contributed by atoms with Crippen molar-refractivity contribution in [3.8, 4) is 0 Å². The van der Waals surface area contributed by atoms with Crippen molar-refractivity contribution in [3.05, 3.63) is 0 Å². The molecule has 1 aliphatic heterocycles. The summed E-state index contributed by atoms with van der Waals surface area (Å²) >= 11 is 0. The highest BCUT2D eigenvalue weighted by atomic mass is 28.4. The molecule has 0 bridgehead atoms. The molecule has 0 amide bonds. The highest BCUT2D eigenvalue weighted by Gasteiger charge is 2.48. The number of aliphatic imine (C=N–C) groups is 1. The van der Waals surface area contributed by atoms with Gasteiger partial charge < -0.3 is 42.5 Å². The van der Waals surface area contributed by atoms with Gasteiger partial charge >= 0.3 is 17.8 Å². The Morgan fingerprint density at radius 3 is 1.97 bits per heavy atom. The Bertz CT molecular complexity index is 495. The van der Waals surface area contributed by atoms with Gasteiger partial charge in [-0.05, 0) is 40.2 Å².